The third-order valence-corrected chi connectivity index (χ3v) is 9.70. The van der Waals surface area contributed by atoms with Crippen LogP contribution in [0.2, 0.25) is 0 Å². The molecule has 2 rings (SSSR count). The number of rotatable bonds is 11. The van der Waals surface area contributed by atoms with Crippen LogP contribution in [0.15, 0.2) is 36.4 Å². The summed E-state index contributed by atoms with van der Waals surface area (Å²) in [6, 6.07) is 10.5. The molecule has 0 fully saturated rings. The van der Waals surface area contributed by atoms with E-state index in [1.165, 1.54) is 42.7 Å². The molecule has 0 N–H and O–H groups in total. The highest BCUT2D eigenvalue weighted by Gasteiger charge is 2.41. The van der Waals surface area contributed by atoms with Crippen LogP contribution in [0.5, 0.6) is 11.5 Å². The van der Waals surface area contributed by atoms with Gasteiger partial charge < -0.3 is 27.6 Å². The van der Waals surface area contributed by atoms with Gasteiger partial charge in [0.2, 0.25) is 0 Å². The van der Waals surface area contributed by atoms with Crippen LogP contribution in [0, 0.1) is 0 Å². The van der Waals surface area contributed by atoms with Crippen molar-refractivity contribution < 1.29 is 36.7 Å². The van der Waals surface area contributed by atoms with Crippen LogP contribution in [0.1, 0.15) is 31.4 Å². The van der Waals surface area contributed by atoms with E-state index in [9.17, 15) is 9.13 Å². The second kappa shape index (κ2) is 10.5. The number of hydrogen-bond acceptors (Lipinski definition) is 8. The molecule has 0 amide bonds. The van der Waals surface area contributed by atoms with Gasteiger partial charge in [0.1, 0.15) is 11.5 Å². The molecule has 0 saturated heterocycles. The largest absolute Gasteiger partial charge is 0.497 e. The van der Waals surface area contributed by atoms with E-state index in [4.69, 9.17) is 27.6 Å². The van der Waals surface area contributed by atoms with Gasteiger partial charge in [0.05, 0.1) is 24.8 Å². The normalized spacial score (nSPS) is 12.6. The van der Waals surface area contributed by atoms with E-state index in [1.807, 2.05) is 26.0 Å². The summed E-state index contributed by atoms with van der Waals surface area (Å²) in [5.74, 6) is 1.01. The predicted molar refractivity (Wildman–Crippen MR) is 125 cm³/mol. The molecular formula is C22H32O8P2. The van der Waals surface area contributed by atoms with E-state index in [-0.39, 0.29) is 0 Å². The Bertz CT molecular complexity index is 943. The van der Waals surface area contributed by atoms with Crippen LogP contribution in [-0.4, -0.2) is 42.7 Å². The van der Waals surface area contributed by atoms with Gasteiger partial charge in [-0.3, -0.25) is 9.13 Å². The van der Waals surface area contributed by atoms with E-state index < -0.39 is 20.6 Å². The van der Waals surface area contributed by atoms with Gasteiger partial charge in [-0.15, -0.1) is 0 Å². The van der Waals surface area contributed by atoms with Crippen LogP contribution >= 0.6 is 15.2 Å². The fourth-order valence-electron chi connectivity index (χ4n) is 3.73. The highest BCUT2D eigenvalue weighted by Crippen LogP contribution is 2.53. The van der Waals surface area contributed by atoms with Crippen LogP contribution in [-0.2, 0) is 32.6 Å². The second-order valence-corrected chi connectivity index (χ2v) is 11.6. The molecule has 0 spiro atoms. The Morgan fingerprint density at radius 1 is 0.688 bits per heavy atom. The lowest BCUT2D eigenvalue weighted by molar-refractivity contribution is 0.286. The van der Waals surface area contributed by atoms with E-state index in [0.717, 1.165) is 0 Å². The Labute approximate surface area is 190 Å². The monoisotopic (exact) mass is 486 g/mol. The molecule has 178 valence electrons. The summed E-state index contributed by atoms with van der Waals surface area (Å²) in [6.45, 7) is 3.95. The Hall–Kier alpha value is -1.66. The predicted octanol–water partition coefficient (Wildman–Crippen LogP) is 4.64. The van der Waals surface area contributed by atoms with Gasteiger partial charge in [-0.25, -0.2) is 0 Å². The first-order valence-electron chi connectivity index (χ1n) is 9.94. The third-order valence-electron chi connectivity index (χ3n) is 5.86. The van der Waals surface area contributed by atoms with Gasteiger partial charge in [-0.1, -0.05) is 26.0 Å². The molecular weight excluding hydrogens is 454 g/mol. The average Bonchev–Trinajstić information content (AvgIpc) is 2.86. The first-order chi connectivity index (χ1) is 15.1. The van der Waals surface area contributed by atoms with Crippen LogP contribution in [0.3, 0.4) is 0 Å². The van der Waals surface area contributed by atoms with Crippen molar-refractivity contribution >= 4 is 25.8 Å². The van der Waals surface area contributed by atoms with Gasteiger partial charge in [-0.2, -0.15) is 0 Å². The molecule has 8 nitrogen and oxygen atoms in total. The fourth-order valence-corrected chi connectivity index (χ4v) is 6.62. The summed E-state index contributed by atoms with van der Waals surface area (Å²) in [5.41, 5.74) is 0.582. The number of ether oxygens (including phenoxy) is 2. The molecule has 0 atom stereocenters. The maximum atomic E-state index is 13.5. The van der Waals surface area contributed by atoms with Gasteiger partial charge in [-0.05, 0) is 41.8 Å². The first-order valence-corrected chi connectivity index (χ1v) is 13.0. The fraction of sp³-hybridized carbons (Fsp3) is 0.455. The molecule has 0 aliphatic heterocycles. The van der Waals surface area contributed by atoms with E-state index in [2.05, 4.69) is 0 Å². The van der Waals surface area contributed by atoms with Crippen molar-refractivity contribution in [3.8, 4) is 11.5 Å². The summed E-state index contributed by atoms with van der Waals surface area (Å²) in [5, 5.41) is 0.718. The first kappa shape index (κ1) is 26.6. The summed E-state index contributed by atoms with van der Waals surface area (Å²) in [4.78, 5) is 0. The minimum Gasteiger partial charge on any atom is -0.497 e. The number of benzene rings is 2. The zero-order valence-electron chi connectivity index (χ0n) is 19.8. The molecule has 2 aromatic carbocycles. The smallest absolute Gasteiger partial charge is 0.361 e. The standard InChI is InChI=1S/C22H32O8P2/c1-9-22(2,18-12-10-16(25-3)14-20(18)31(23,27-5)28-6)19-13-11-17(26-4)15-21(19)32(24,29-7)30-8/h10-15H,9H2,1-8H3. The Morgan fingerprint density at radius 3 is 1.28 bits per heavy atom. The molecule has 0 heterocycles. The molecule has 0 saturated carbocycles. The minimum absolute atomic E-state index is 0.359. The maximum absolute atomic E-state index is 13.5. The summed E-state index contributed by atoms with van der Waals surface area (Å²) < 4.78 is 59.0. The summed E-state index contributed by atoms with van der Waals surface area (Å²) in [6.07, 6.45) is 0.562. The maximum Gasteiger partial charge on any atom is 0.361 e. The lowest BCUT2D eigenvalue weighted by atomic mass is 9.74. The van der Waals surface area contributed by atoms with E-state index in [1.54, 1.807) is 24.3 Å². The van der Waals surface area contributed by atoms with Crippen molar-refractivity contribution in [2.45, 2.75) is 25.7 Å². The number of methoxy groups -OCH3 is 2. The van der Waals surface area contributed by atoms with Crippen molar-refractivity contribution in [2.24, 2.45) is 0 Å². The summed E-state index contributed by atoms with van der Waals surface area (Å²) in [7, 11) is 1.06. The Balaban J connectivity index is 2.95. The molecule has 0 radical (unpaired) electrons. The van der Waals surface area contributed by atoms with Crippen LogP contribution in [0.4, 0.5) is 0 Å². The van der Waals surface area contributed by atoms with Crippen molar-refractivity contribution in [3.05, 3.63) is 47.5 Å². The lowest BCUT2D eigenvalue weighted by Crippen LogP contribution is -2.35. The van der Waals surface area contributed by atoms with Crippen molar-refractivity contribution in [3.63, 3.8) is 0 Å². The SMILES string of the molecule is CCC(C)(c1ccc(OC)cc1P(=O)(OC)OC)c1ccc(OC)cc1P(=O)(OC)OC. The zero-order valence-corrected chi connectivity index (χ0v) is 21.6. The Kier molecular flexibility index (Phi) is 8.74. The molecule has 10 heteroatoms. The second-order valence-electron chi connectivity index (χ2n) is 7.18. The molecule has 2 aromatic rings. The molecule has 0 unspecified atom stereocenters. The molecule has 32 heavy (non-hydrogen) atoms. The van der Waals surface area contributed by atoms with Crippen LogP contribution in [0.25, 0.3) is 0 Å². The van der Waals surface area contributed by atoms with E-state index in [0.29, 0.717) is 39.7 Å². The third kappa shape index (κ3) is 4.67. The van der Waals surface area contributed by atoms with E-state index >= 15 is 0 Å². The minimum atomic E-state index is -3.66. The molecule has 0 aliphatic rings. The lowest BCUT2D eigenvalue weighted by Gasteiger charge is -2.35. The average molecular weight is 486 g/mol. The highest BCUT2D eigenvalue weighted by molar-refractivity contribution is 7.62. The van der Waals surface area contributed by atoms with Gasteiger partial charge in [0, 0.05) is 33.9 Å². The Morgan fingerprint density at radius 2 is 1.03 bits per heavy atom. The van der Waals surface area contributed by atoms with Crippen molar-refractivity contribution in [2.75, 3.05) is 42.7 Å². The van der Waals surface area contributed by atoms with Crippen molar-refractivity contribution in [1.29, 1.82) is 0 Å². The van der Waals surface area contributed by atoms with Gasteiger partial charge >= 0.3 is 15.2 Å². The highest BCUT2D eigenvalue weighted by atomic mass is 31.2. The molecule has 0 aliphatic carbocycles. The van der Waals surface area contributed by atoms with Gasteiger partial charge in [0.25, 0.3) is 0 Å². The summed E-state index contributed by atoms with van der Waals surface area (Å²) >= 11 is 0. The zero-order chi connectivity index (χ0) is 24.2. The van der Waals surface area contributed by atoms with Crippen LogP contribution < -0.4 is 20.1 Å². The molecule has 0 bridgehead atoms. The topological polar surface area (TPSA) is 89.5 Å². The number of hydrogen-bond donors (Lipinski definition) is 0. The van der Waals surface area contributed by atoms with Gasteiger partial charge in [0.15, 0.2) is 0 Å². The molecule has 0 aromatic heterocycles. The van der Waals surface area contributed by atoms with Crippen molar-refractivity contribution in [1.82, 2.24) is 0 Å². The quantitative estimate of drug-likeness (QED) is 0.425.